The number of hydrogen-bond donors (Lipinski definition) is 1. The number of thioether (sulfide) groups is 1. The number of rotatable bonds is 9. The number of anilines is 1. The lowest BCUT2D eigenvalue weighted by Crippen LogP contribution is -2.18. The van der Waals surface area contributed by atoms with E-state index < -0.39 is 0 Å². The average Bonchev–Trinajstić information content (AvgIpc) is 3.37. The highest BCUT2D eigenvalue weighted by Crippen LogP contribution is 2.40. The van der Waals surface area contributed by atoms with Crippen molar-refractivity contribution in [3.05, 3.63) is 50.6 Å². The van der Waals surface area contributed by atoms with Crippen LogP contribution in [0.3, 0.4) is 0 Å². The third-order valence-corrected chi connectivity index (χ3v) is 8.61. The van der Waals surface area contributed by atoms with Gasteiger partial charge in [0.05, 0.1) is 17.9 Å². The summed E-state index contributed by atoms with van der Waals surface area (Å²) in [4.78, 5) is 26.6. The molecule has 0 spiro atoms. The molecule has 192 valence electrons. The van der Waals surface area contributed by atoms with Crippen molar-refractivity contribution in [2.45, 2.75) is 51.8 Å². The van der Waals surface area contributed by atoms with E-state index in [4.69, 9.17) is 21.1 Å². The predicted octanol–water partition coefficient (Wildman–Crippen LogP) is 5.45. The number of aryl methyl sites for hydroxylation is 1. The molecule has 0 bridgehead atoms. The summed E-state index contributed by atoms with van der Waals surface area (Å²) in [6.07, 6.45) is 2.76. The Kier molecular flexibility index (Phi) is 8.58. The monoisotopic (exact) mass is 548 g/mol. The number of nitrogens with zero attached hydrogens (tertiary/aromatic N) is 3. The van der Waals surface area contributed by atoms with Crippen LogP contribution in [-0.4, -0.2) is 39.0 Å². The number of aromatic nitrogens is 3. The van der Waals surface area contributed by atoms with Crippen molar-refractivity contribution in [2.24, 2.45) is 13.0 Å². The molecule has 1 atom stereocenters. The summed E-state index contributed by atoms with van der Waals surface area (Å²) in [5.41, 5.74) is 2.47. The first-order valence-electron chi connectivity index (χ1n) is 11.8. The first kappa shape index (κ1) is 26.5. The van der Waals surface area contributed by atoms with Crippen molar-refractivity contribution in [2.75, 3.05) is 17.7 Å². The van der Waals surface area contributed by atoms with Crippen molar-refractivity contribution >= 4 is 51.6 Å². The Morgan fingerprint density at radius 2 is 2.14 bits per heavy atom. The van der Waals surface area contributed by atoms with Gasteiger partial charge in [-0.3, -0.25) is 4.79 Å². The van der Waals surface area contributed by atoms with Gasteiger partial charge in [-0.05, 0) is 68.4 Å². The van der Waals surface area contributed by atoms with Crippen molar-refractivity contribution in [1.82, 2.24) is 14.8 Å². The number of ether oxygens (including phenoxy) is 2. The van der Waals surface area contributed by atoms with Gasteiger partial charge in [0.1, 0.15) is 17.4 Å². The molecule has 1 unspecified atom stereocenters. The zero-order chi connectivity index (χ0) is 25.8. The Morgan fingerprint density at radius 1 is 1.33 bits per heavy atom. The Balaban J connectivity index is 1.38. The van der Waals surface area contributed by atoms with E-state index in [1.807, 2.05) is 20.0 Å². The number of fused-ring (bicyclic) bond motifs is 1. The maximum atomic E-state index is 12.8. The normalized spacial score (nSPS) is 14.9. The van der Waals surface area contributed by atoms with Crippen molar-refractivity contribution < 1.29 is 19.1 Å². The van der Waals surface area contributed by atoms with Crippen molar-refractivity contribution in [3.8, 4) is 5.75 Å². The van der Waals surface area contributed by atoms with E-state index in [1.165, 1.54) is 23.1 Å². The number of carbonyl (C=O) groups is 2. The van der Waals surface area contributed by atoms with Gasteiger partial charge in [0, 0.05) is 16.9 Å². The number of carbonyl (C=O) groups excluding carboxylic acids is 2. The maximum absolute atomic E-state index is 12.8. The summed E-state index contributed by atoms with van der Waals surface area (Å²) in [7, 11) is 1.83. The SMILES string of the molecule is CCOC(=O)c1c(NC(=O)CSc2nnc(COc3ccc(Cl)c(C)c3)n2C)sc2c1CCC(C)C2. The summed E-state index contributed by atoms with van der Waals surface area (Å²) in [6.45, 7) is 6.43. The summed E-state index contributed by atoms with van der Waals surface area (Å²) in [6, 6.07) is 5.46. The van der Waals surface area contributed by atoms with Crippen LogP contribution in [0.4, 0.5) is 5.00 Å². The van der Waals surface area contributed by atoms with E-state index >= 15 is 0 Å². The van der Waals surface area contributed by atoms with Crippen LogP contribution >= 0.6 is 34.7 Å². The predicted molar refractivity (Wildman–Crippen MR) is 142 cm³/mol. The zero-order valence-electron chi connectivity index (χ0n) is 20.7. The molecule has 2 heterocycles. The zero-order valence-corrected chi connectivity index (χ0v) is 23.1. The number of amides is 1. The smallest absolute Gasteiger partial charge is 0.341 e. The molecule has 0 saturated carbocycles. The first-order valence-corrected chi connectivity index (χ1v) is 14.0. The fraction of sp³-hybridized carbons (Fsp3) is 0.440. The lowest BCUT2D eigenvalue weighted by molar-refractivity contribution is -0.113. The molecule has 8 nitrogen and oxygen atoms in total. The summed E-state index contributed by atoms with van der Waals surface area (Å²) >= 11 is 8.83. The van der Waals surface area contributed by atoms with Crippen LogP contribution in [-0.2, 0) is 36.0 Å². The van der Waals surface area contributed by atoms with Gasteiger partial charge in [0.2, 0.25) is 5.91 Å². The molecule has 1 amide bonds. The standard InChI is InChI=1S/C25H29ClN4O4S2/c1-5-33-24(32)22-17-8-6-14(2)10-19(17)36-23(22)27-21(31)13-35-25-29-28-20(30(25)4)12-34-16-7-9-18(26)15(3)11-16/h7,9,11,14H,5-6,8,10,12-13H2,1-4H3,(H,27,31). The minimum absolute atomic E-state index is 0.129. The second kappa shape index (κ2) is 11.7. The van der Waals surface area contributed by atoms with Gasteiger partial charge in [-0.1, -0.05) is 30.3 Å². The molecular formula is C25H29ClN4O4S2. The minimum Gasteiger partial charge on any atom is -0.486 e. The number of hydrogen-bond acceptors (Lipinski definition) is 8. The second-order valence-electron chi connectivity index (χ2n) is 8.77. The van der Waals surface area contributed by atoms with E-state index in [0.717, 1.165) is 35.3 Å². The van der Waals surface area contributed by atoms with E-state index in [2.05, 4.69) is 22.4 Å². The van der Waals surface area contributed by atoms with Gasteiger partial charge in [0.25, 0.3) is 0 Å². The minimum atomic E-state index is -0.374. The summed E-state index contributed by atoms with van der Waals surface area (Å²) in [5.74, 6) is 1.43. The lowest BCUT2D eigenvalue weighted by Gasteiger charge is -2.18. The van der Waals surface area contributed by atoms with Crippen LogP contribution in [0, 0.1) is 12.8 Å². The van der Waals surface area contributed by atoms with Gasteiger partial charge in [-0.2, -0.15) is 0 Å². The molecule has 1 aliphatic carbocycles. The average molecular weight is 549 g/mol. The lowest BCUT2D eigenvalue weighted by atomic mass is 9.88. The van der Waals surface area contributed by atoms with Gasteiger partial charge in [-0.25, -0.2) is 4.79 Å². The molecule has 36 heavy (non-hydrogen) atoms. The van der Waals surface area contributed by atoms with Crippen LogP contribution in [0.1, 0.15) is 52.5 Å². The molecule has 0 radical (unpaired) electrons. The van der Waals surface area contributed by atoms with Gasteiger partial charge in [0.15, 0.2) is 11.0 Å². The van der Waals surface area contributed by atoms with Gasteiger partial charge in [-0.15, -0.1) is 21.5 Å². The number of thiophene rings is 1. The fourth-order valence-corrected chi connectivity index (χ4v) is 6.26. The van der Waals surface area contributed by atoms with Crippen LogP contribution < -0.4 is 10.1 Å². The summed E-state index contributed by atoms with van der Waals surface area (Å²) in [5, 5.41) is 13.2. The molecule has 11 heteroatoms. The Morgan fingerprint density at radius 3 is 2.89 bits per heavy atom. The van der Waals surface area contributed by atoms with Crippen LogP contribution in [0.25, 0.3) is 0 Å². The molecule has 3 aromatic rings. The number of nitrogens with one attached hydrogen (secondary N) is 1. The highest BCUT2D eigenvalue weighted by Gasteiger charge is 2.29. The fourth-order valence-electron chi connectivity index (χ4n) is 4.00. The molecular weight excluding hydrogens is 520 g/mol. The van der Waals surface area contributed by atoms with Crippen molar-refractivity contribution in [3.63, 3.8) is 0 Å². The molecule has 2 aromatic heterocycles. The quantitative estimate of drug-likeness (QED) is 0.280. The Hall–Kier alpha value is -2.56. The maximum Gasteiger partial charge on any atom is 0.341 e. The first-order chi connectivity index (χ1) is 17.3. The van der Waals surface area contributed by atoms with E-state index in [0.29, 0.717) is 44.8 Å². The van der Waals surface area contributed by atoms with E-state index in [9.17, 15) is 9.59 Å². The van der Waals surface area contributed by atoms with Crippen LogP contribution in [0.15, 0.2) is 23.4 Å². The molecule has 1 N–H and O–H groups in total. The molecule has 0 aliphatic heterocycles. The van der Waals surface area contributed by atoms with Crippen LogP contribution in [0.5, 0.6) is 5.75 Å². The topological polar surface area (TPSA) is 95.3 Å². The van der Waals surface area contributed by atoms with Gasteiger partial charge >= 0.3 is 5.97 Å². The second-order valence-corrected chi connectivity index (χ2v) is 11.2. The third kappa shape index (κ3) is 6.04. The van der Waals surface area contributed by atoms with E-state index in [1.54, 1.807) is 23.6 Å². The highest BCUT2D eigenvalue weighted by atomic mass is 35.5. The van der Waals surface area contributed by atoms with Crippen molar-refractivity contribution in [1.29, 1.82) is 0 Å². The summed E-state index contributed by atoms with van der Waals surface area (Å²) < 4.78 is 12.9. The number of halogens is 1. The third-order valence-electron chi connectivity index (χ3n) is 6.00. The highest BCUT2D eigenvalue weighted by molar-refractivity contribution is 7.99. The molecule has 0 saturated heterocycles. The largest absolute Gasteiger partial charge is 0.486 e. The molecule has 1 aliphatic rings. The Bertz CT molecular complexity index is 1270. The van der Waals surface area contributed by atoms with Gasteiger partial charge < -0.3 is 19.4 Å². The number of benzene rings is 1. The Labute approximate surface area is 223 Å². The number of esters is 1. The van der Waals surface area contributed by atoms with E-state index in [-0.39, 0.29) is 24.2 Å². The molecule has 1 aromatic carbocycles. The molecule has 0 fully saturated rings. The molecule has 4 rings (SSSR count). The van der Waals surface area contributed by atoms with Crippen LogP contribution in [0.2, 0.25) is 5.02 Å².